The Bertz CT molecular complexity index is 665. The Labute approximate surface area is 125 Å². The Hall–Kier alpha value is -2.35. The topological polar surface area (TPSA) is 29.1 Å². The molecule has 2 aromatic carbocycles. The van der Waals surface area contributed by atoms with E-state index in [-0.39, 0.29) is 5.91 Å². The molecule has 21 heavy (non-hydrogen) atoms. The number of carbonyl (C=O) groups is 1. The van der Waals surface area contributed by atoms with Gasteiger partial charge in [-0.15, -0.1) is 0 Å². The second-order valence-corrected chi connectivity index (χ2v) is 5.60. The van der Waals surface area contributed by atoms with Crippen LogP contribution in [0.5, 0.6) is 0 Å². The summed E-state index contributed by atoms with van der Waals surface area (Å²) in [6.07, 6.45) is 5.72. The molecule has 2 heteroatoms. The van der Waals surface area contributed by atoms with E-state index < -0.39 is 5.41 Å². The first-order valence-corrected chi connectivity index (χ1v) is 7.30. The first kappa shape index (κ1) is 13.6. The Morgan fingerprint density at radius 2 is 1.57 bits per heavy atom. The van der Waals surface area contributed by atoms with Gasteiger partial charge in [0.15, 0.2) is 0 Å². The summed E-state index contributed by atoms with van der Waals surface area (Å²) in [5.41, 5.74) is 2.59. The van der Waals surface area contributed by atoms with Crippen LogP contribution < -0.4 is 5.32 Å². The standard InChI is InChI=1S/C19H19NO/c1-15-9-5-6-12-17(15)20-18(21)19(13-7-8-14-19)16-10-3-2-4-11-16/h2-12H,13-14H2,1H3,(H,20,21). The molecular formula is C19H19NO. The van der Waals surface area contributed by atoms with Crippen LogP contribution in [0.2, 0.25) is 0 Å². The Balaban J connectivity index is 1.92. The van der Waals surface area contributed by atoms with Gasteiger partial charge in [0.05, 0.1) is 5.41 Å². The van der Waals surface area contributed by atoms with Crippen molar-refractivity contribution in [3.8, 4) is 0 Å². The maximum atomic E-state index is 12.9. The molecule has 0 atom stereocenters. The van der Waals surface area contributed by atoms with Gasteiger partial charge in [-0.3, -0.25) is 4.79 Å². The molecular weight excluding hydrogens is 258 g/mol. The molecule has 3 rings (SSSR count). The number of rotatable bonds is 3. The van der Waals surface area contributed by atoms with Gasteiger partial charge in [-0.25, -0.2) is 0 Å². The van der Waals surface area contributed by atoms with Crippen LogP contribution in [0.25, 0.3) is 0 Å². The van der Waals surface area contributed by atoms with Gasteiger partial charge in [0.2, 0.25) is 5.91 Å². The maximum Gasteiger partial charge on any atom is 0.235 e. The van der Waals surface area contributed by atoms with E-state index in [2.05, 4.69) is 17.5 Å². The molecule has 0 aromatic heterocycles. The number of allylic oxidation sites excluding steroid dienone is 2. The van der Waals surface area contributed by atoms with Crippen LogP contribution in [-0.2, 0) is 10.2 Å². The van der Waals surface area contributed by atoms with Crippen LogP contribution >= 0.6 is 0 Å². The SMILES string of the molecule is Cc1ccccc1NC(=O)C1(c2ccccc2)CC=CC1. The van der Waals surface area contributed by atoms with Crippen molar-refractivity contribution in [3.63, 3.8) is 0 Å². The van der Waals surface area contributed by atoms with Crippen LogP contribution in [0.4, 0.5) is 5.69 Å². The maximum absolute atomic E-state index is 12.9. The molecule has 1 aliphatic rings. The molecule has 106 valence electrons. The molecule has 2 aromatic rings. The van der Waals surface area contributed by atoms with Crippen molar-refractivity contribution in [1.29, 1.82) is 0 Å². The highest BCUT2D eigenvalue weighted by molar-refractivity contribution is 6.00. The van der Waals surface area contributed by atoms with Gasteiger partial charge in [0.25, 0.3) is 0 Å². The predicted octanol–water partition coefficient (Wildman–Crippen LogP) is 4.22. The summed E-state index contributed by atoms with van der Waals surface area (Å²) in [4.78, 5) is 12.9. The summed E-state index contributed by atoms with van der Waals surface area (Å²) in [5.74, 6) is 0.0769. The monoisotopic (exact) mass is 277 g/mol. The minimum absolute atomic E-state index is 0.0769. The van der Waals surface area contributed by atoms with Crippen molar-refractivity contribution < 1.29 is 4.79 Å². The fourth-order valence-corrected chi connectivity index (χ4v) is 2.92. The molecule has 0 heterocycles. The van der Waals surface area contributed by atoms with Crippen molar-refractivity contribution in [2.45, 2.75) is 25.2 Å². The lowest BCUT2D eigenvalue weighted by atomic mass is 9.77. The summed E-state index contributed by atoms with van der Waals surface area (Å²) >= 11 is 0. The summed E-state index contributed by atoms with van der Waals surface area (Å²) in [5, 5.41) is 3.11. The highest BCUT2D eigenvalue weighted by atomic mass is 16.2. The molecule has 0 radical (unpaired) electrons. The molecule has 0 saturated heterocycles. The van der Waals surface area contributed by atoms with E-state index in [9.17, 15) is 4.79 Å². The van der Waals surface area contributed by atoms with E-state index in [1.165, 1.54) is 0 Å². The van der Waals surface area contributed by atoms with E-state index in [0.717, 1.165) is 29.7 Å². The third-order valence-corrected chi connectivity index (χ3v) is 4.25. The third-order valence-electron chi connectivity index (χ3n) is 4.25. The van der Waals surface area contributed by atoms with Crippen LogP contribution in [0.3, 0.4) is 0 Å². The van der Waals surface area contributed by atoms with Gasteiger partial charge >= 0.3 is 0 Å². The molecule has 0 fully saturated rings. The summed E-state index contributed by atoms with van der Waals surface area (Å²) < 4.78 is 0. The highest BCUT2D eigenvalue weighted by Gasteiger charge is 2.40. The number of hydrogen-bond acceptors (Lipinski definition) is 1. The number of carbonyl (C=O) groups excluding carboxylic acids is 1. The van der Waals surface area contributed by atoms with E-state index in [0.29, 0.717) is 0 Å². The fourth-order valence-electron chi connectivity index (χ4n) is 2.92. The van der Waals surface area contributed by atoms with Crippen LogP contribution in [0.1, 0.15) is 24.0 Å². The lowest BCUT2D eigenvalue weighted by molar-refractivity contribution is -0.121. The van der Waals surface area contributed by atoms with Gasteiger partial charge in [-0.1, -0.05) is 60.7 Å². The quantitative estimate of drug-likeness (QED) is 0.836. The Morgan fingerprint density at radius 1 is 0.952 bits per heavy atom. The molecule has 0 saturated carbocycles. The van der Waals surface area contributed by atoms with Gasteiger partial charge in [-0.05, 0) is 37.0 Å². The number of aryl methyl sites for hydroxylation is 1. The second-order valence-electron chi connectivity index (χ2n) is 5.60. The lowest BCUT2D eigenvalue weighted by Gasteiger charge is -2.28. The smallest absolute Gasteiger partial charge is 0.235 e. The highest BCUT2D eigenvalue weighted by Crippen LogP contribution is 2.38. The van der Waals surface area contributed by atoms with Gasteiger partial charge in [0.1, 0.15) is 0 Å². The number of nitrogens with one attached hydrogen (secondary N) is 1. The number of amides is 1. The fraction of sp³-hybridized carbons (Fsp3) is 0.211. The number of hydrogen-bond donors (Lipinski definition) is 1. The van der Waals surface area contributed by atoms with Crippen molar-refractivity contribution >= 4 is 11.6 Å². The van der Waals surface area contributed by atoms with Crippen molar-refractivity contribution in [2.75, 3.05) is 5.32 Å². The van der Waals surface area contributed by atoms with Crippen LogP contribution in [-0.4, -0.2) is 5.91 Å². The zero-order valence-electron chi connectivity index (χ0n) is 12.2. The lowest BCUT2D eigenvalue weighted by Crippen LogP contribution is -2.38. The van der Waals surface area contributed by atoms with E-state index >= 15 is 0 Å². The van der Waals surface area contributed by atoms with Crippen molar-refractivity contribution in [1.82, 2.24) is 0 Å². The molecule has 0 aliphatic heterocycles. The summed E-state index contributed by atoms with van der Waals surface area (Å²) in [6.45, 7) is 2.01. The number of para-hydroxylation sites is 1. The first-order chi connectivity index (χ1) is 10.2. The molecule has 0 spiro atoms. The zero-order valence-corrected chi connectivity index (χ0v) is 12.2. The van der Waals surface area contributed by atoms with Gasteiger partial charge in [0, 0.05) is 5.69 Å². The van der Waals surface area contributed by atoms with Crippen molar-refractivity contribution in [3.05, 3.63) is 77.9 Å². The number of anilines is 1. The average molecular weight is 277 g/mol. The largest absolute Gasteiger partial charge is 0.325 e. The minimum Gasteiger partial charge on any atom is -0.325 e. The minimum atomic E-state index is -0.469. The summed E-state index contributed by atoms with van der Waals surface area (Å²) in [6, 6.07) is 18.0. The average Bonchev–Trinajstić information content (AvgIpc) is 3.01. The molecule has 1 N–H and O–H groups in total. The van der Waals surface area contributed by atoms with E-state index in [1.54, 1.807) is 0 Å². The normalized spacial score (nSPS) is 15.9. The van der Waals surface area contributed by atoms with E-state index in [4.69, 9.17) is 0 Å². The van der Waals surface area contributed by atoms with Gasteiger partial charge < -0.3 is 5.32 Å². The van der Waals surface area contributed by atoms with Crippen LogP contribution in [0, 0.1) is 6.92 Å². The van der Waals surface area contributed by atoms with Crippen molar-refractivity contribution in [2.24, 2.45) is 0 Å². The van der Waals surface area contributed by atoms with Gasteiger partial charge in [-0.2, -0.15) is 0 Å². The molecule has 0 unspecified atom stereocenters. The molecule has 1 aliphatic carbocycles. The zero-order chi connectivity index (χ0) is 14.7. The number of benzene rings is 2. The molecule has 2 nitrogen and oxygen atoms in total. The second kappa shape index (κ2) is 5.57. The first-order valence-electron chi connectivity index (χ1n) is 7.30. The molecule has 1 amide bonds. The third kappa shape index (κ3) is 2.49. The van der Waals surface area contributed by atoms with Crippen LogP contribution in [0.15, 0.2) is 66.7 Å². The Morgan fingerprint density at radius 3 is 2.24 bits per heavy atom. The molecule has 0 bridgehead atoms. The summed E-state index contributed by atoms with van der Waals surface area (Å²) in [7, 11) is 0. The van der Waals surface area contributed by atoms with E-state index in [1.807, 2.05) is 61.5 Å². The predicted molar refractivity (Wildman–Crippen MR) is 86.3 cm³/mol. The Kier molecular flexibility index (Phi) is 3.61.